The van der Waals surface area contributed by atoms with Crippen LogP contribution in [0.25, 0.3) is 0 Å². The fourth-order valence-corrected chi connectivity index (χ4v) is 2.18. The van der Waals surface area contributed by atoms with Crippen LogP contribution in [0.15, 0.2) is 30.3 Å². The van der Waals surface area contributed by atoms with E-state index < -0.39 is 0 Å². The summed E-state index contributed by atoms with van der Waals surface area (Å²) in [7, 11) is 0. The molecule has 1 saturated heterocycles. The van der Waals surface area contributed by atoms with Crippen LogP contribution in [0.2, 0.25) is 0 Å². The molecule has 0 saturated carbocycles. The summed E-state index contributed by atoms with van der Waals surface area (Å²) in [5.41, 5.74) is 6.65. The Balaban J connectivity index is 1.99. The molecule has 0 radical (unpaired) electrons. The van der Waals surface area contributed by atoms with Crippen molar-refractivity contribution in [2.24, 2.45) is 5.73 Å². The molecule has 2 N–H and O–H groups in total. The summed E-state index contributed by atoms with van der Waals surface area (Å²) in [4.78, 5) is 14.2. The van der Waals surface area contributed by atoms with Crippen LogP contribution in [0.4, 0.5) is 0 Å². The number of amides is 1. The number of ether oxygens (including phenoxy) is 1. The fourth-order valence-electron chi connectivity index (χ4n) is 2.18. The van der Waals surface area contributed by atoms with Gasteiger partial charge < -0.3 is 15.4 Å². The van der Waals surface area contributed by atoms with Gasteiger partial charge in [0.15, 0.2) is 0 Å². The number of benzene rings is 1. The van der Waals surface area contributed by atoms with Crippen LogP contribution in [-0.2, 0) is 16.0 Å². The van der Waals surface area contributed by atoms with E-state index in [1.54, 1.807) is 0 Å². The summed E-state index contributed by atoms with van der Waals surface area (Å²) < 4.78 is 5.55. The van der Waals surface area contributed by atoms with E-state index >= 15 is 0 Å². The van der Waals surface area contributed by atoms with Crippen LogP contribution in [0.5, 0.6) is 0 Å². The lowest BCUT2D eigenvalue weighted by Gasteiger charge is -2.37. The quantitative estimate of drug-likeness (QED) is 0.861. The van der Waals surface area contributed by atoms with Crippen molar-refractivity contribution in [2.75, 3.05) is 19.7 Å². The third kappa shape index (κ3) is 3.09. The molecule has 4 nitrogen and oxygen atoms in total. The topological polar surface area (TPSA) is 55.6 Å². The first-order valence-electron chi connectivity index (χ1n) is 6.35. The van der Waals surface area contributed by atoms with E-state index in [0.29, 0.717) is 26.1 Å². The lowest BCUT2D eigenvalue weighted by atomic mass is 10.1. The average Bonchev–Trinajstić information content (AvgIpc) is 2.40. The molecular weight excluding hydrogens is 228 g/mol. The monoisotopic (exact) mass is 248 g/mol. The zero-order valence-electron chi connectivity index (χ0n) is 10.7. The minimum Gasteiger partial charge on any atom is -0.373 e. The maximum atomic E-state index is 12.3. The van der Waals surface area contributed by atoms with Gasteiger partial charge in [-0.15, -0.1) is 0 Å². The second kappa shape index (κ2) is 5.98. The van der Waals surface area contributed by atoms with E-state index in [4.69, 9.17) is 10.5 Å². The number of morpholine rings is 1. The molecule has 0 bridgehead atoms. The van der Waals surface area contributed by atoms with Crippen molar-refractivity contribution in [3.8, 4) is 0 Å². The van der Waals surface area contributed by atoms with Crippen molar-refractivity contribution in [1.82, 2.24) is 4.90 Å². The first kappa shape index (κ1) is 13.1. The van der Waals surface area contributed by atoms with E-state index in [0.717, 1.165) is 5.56 Å². The van der Waals surface area contributed by atoms with Crippen molar-refractivity contribution in [3.63, 3.8) is 0 Å². The van der Waals surface area contributed by atoms with E-state index in [-0.39, 0.29) is 18.1 Å². The third-order valence-electron chi connectivity index (χ3n) is 3.29. The fraction of sp³-hybridized carbons (Fsp3) is 0.500. The SMILES string of the molecule is CC1COC(CN)CN1C(=O)Cc1ccccc1. The molecule has 1 fully saturated rings. The van der Waals surface area contributed by atoms with Gasteiger partial charge >= 0.3 is 0 Å². The Hall–Kier alpha value is -1.39. The average molecular weight is 248 g/mol. The van der Waals surface area contributed by atoms with Crippen LogP contribution in [0, 0.1) is 0 Å². The lowest BCUT2D eigenvalue weighted by Crippen LogP contribution is -2.53. The van der Waals surface area contributed by atoms with Gasteiger partial charge in [0.05, 0.1) is 25.2 Å². The maximum Gasteiger partial charge on any atom is 0.227 e. The Bertz CT molecular complexity index is 394. The van der Waals surface area contributed by atoms with E-state index in [9.17, 15) is 4.79 Å². The second-order valence-corrected chi connectivity index (χ2v) is 4.75. The van der Waals surface area contributed by atoms with E-state index in [1.807, 2.05) is 42.2 Å². The molecule has 1 aromatic rings. The molecule has 2 rings (SSSR count). The van der Waals surface area contributed by atoms with Gasteiger partial charge in [0.25, 0.3) is 0 Å². The maximum absolute atomic E-state index is 12.3. The molecule has 1 heterocycles. The molecule has 0 aliphatic carbocycles. The van der Waals surface area contributed by atoms with Gasteiger partial charge in [0.2, 0.25) is 5.91 Å². The number of rotatable bonds is 3. The van der Waals surface area contributed by atoms with Crippen molar-refractivity contribution in [3.05, 3.63) is 35.9 Å². The highest BCUT2D eigenvalue weighted by Crippen LogP contribution is 2.13. The zero-order valence-corrected chi connectivity index (χ0v) is 10.7. The highest BCUT2D eigenvalue weighted by atomic mass is 16.5. The number of nitrogens with two attached hydrogens (primary N) is 1. The van der Waals surface area contributed by atoms with Gasteiger partial charge in [-0.25, -0.2) is 0 Å². The van der Waals surface area contributed by atoms with Crippen LogP contribution < -0.4 is 5.73 Å². The van der Waals surface area contributed by atoms with Crippen molar-refractivity contribution < 1.29 is 9.53 Å². The minimum atomic E-state index is -0.0269. The minimum absolute atomic E-state index is 0.0269. The summed E-state index contributed by atoms with van der Waals surface area (Å²) >= 11 is 0. The van der Waals surface area contributed by atoms with Crippen LogP contribution in [0.3, 0.4) is 0 Å². The number of carbonyl (C=O) groups is 1. The number of hydrogen-bond donors (Lipinski definition) is 1. The molecule has 1 aliphatic heterocycles. The van der Waals surface area contributed by atoms with Gasteiger partial charge in [-0.05, 0) is 12.5 Å². The van der Waals surface area contributed by atoms with Gasteiger partial charge in [-0.1, -0.05) is 30.3 Å². The second-order valence-electron chi connectivity index (χ2n) is 4.75. The molecule has 0 aromatic heterocycles. The summed E-state index contributed by atoms with van der Waals surface area (Å²) in [5.74, 6) is 0.149. The van der Waals surface area contributed by atoms with Gasteiger partial charge in [-0.3, -0.25) is 4.79 Å². The number of hydrogen-bond acceptors (Lipinski definition) is 3. The largest absolute Gasteiger partial charge is 0.373 e. The Morgan fingerprint density at radius 1 is 1.44 bits per heavy atom. The molecule has 0 spiro atoms. The standard InChI is InChI=1S/C14H20N2O2/c1-11-10-18-13(8-15)9-16(11)14(17)7-12-5-3-2-4-6-12/h2-6,11,13H,7-10,15H2,1H3. The molecular formula is C14H20N2O2. The first-order chi connectivity index (χ1) is 8.70. The van der Waals surface area contributed by atoms with E-state index in [2.05, 4.69) is 0 Å². The molecule has 4 heteroatoms. The Morgan fingerprint density at radius 2 is 2.17 bits per heavy atom. The normalized spacial score (nSPS) is 24.0. The van der Waals surface area contributed by atoms with Crippen LogP contribution in [0.1, 0.15) is 12.5 Å². The molecule has 1 aliphatic rings. The third-order valence-corrected chi connectivity index (χ3v) is 3.29. The molecule has 2 atom stereocenters. The number of nitrogens with zero attached hydrogens (tertiary/aromatic N) is 1. The highest BCUT2D eigenvalue weighted by Gasteiger charge is 2.28. The van der Waals surface area contributed by atoms with Crippen LogP contribution >= 0.6 is 0 Å². The number of carbonyl (C=O) groups excluding carboxylic acids is 1. The summed E-state index contributed by atoms with van der Waals surface area (Å²) in [6.07, 6.45) is 0.420. The smallest absolute Gasteiger partial charge is 0.227 e. The van der Waals surface area contributed by atoms with Gasteiger partial charge in [0.1, 0.15) is 0 Å². The molecule has 1 aromatic carbocycles. The lowest BCUT2D eigenvalue weighted by molar-refractivity contribution is -0.142. The Labute approximate surface area is 108 Å². The van der Waals surface area contributed by atoms with Crippen molar-refractivity contribution >= 4 is 5.91 Å². The summed E-state index contributed by atoms with van der Waals surface area (Å²) in [6, 6.07) is 9.94. The summed E-state index contributed by atoms with van der Waals surface area (Å²) in [6.45, 7) is 3.64. The predicted molar refractivity (Wildman–Crippen MR) is 70.1 cm³/mol. The summed E-state index contributed by atoms with van der Waals surface area (Å²) in [5, 5.41) is 0. The molecule has 2 unspecified atom stereocenters. The highest BCUT2D eigenvalue weighted by molar-refractivity contribution is 5.79. The van der Waals surface area contributed by atoms with Gasteiger partial charge in [-0.2, -0.15) is 0 Å². The van der Waals surface area contributed by atoms with Crippen LogP contribution in [-0.4, -0.2) is 42.6 Å². The zero-order chi connectivity index (χ0) is 13.0. The molecule has 1 amide bonds. The first-order valence-corrected chi connectivity index (χ1v) is 6.35. The van der Waals surface area contributed by atoms with E-state index in [1.165, 1.54) is 0 Å². The van der Waals surface area contributed by atoms with Crippen molar-refractivity contribution in [1.29, 1.82) is 0 Å². The molecule has 98 valence electrons. The predicted octanol–water partition coefficient (Wildman–Crippen LogP) is 0.804. The molecule has 18 heavy (non-hydrogen) atoms. The Kier molecular flexibility index (Phi) is 4.33. The Morgan fingerprint density at radius 3 is 2.83 bits per heavy atom. The van der Waals surface area contributed by atoms with Crippen molar-refractivity contribution in [2.45, 2.75) is 25.5 Å². The van der Waals surface area contributed by atoms with Gasteiger partial charge in [0, 0.05) is 13.1 Å².